The molecule has 3 heteroatoms. The molecule has 1 nitrogen and oxygen atoms in total. The molecule has 0 fully saturated rings. The van der Waals surface area contributed by atoms with Gasteiger partial charge in [-0.2, -0.15) is 5.56 Å². The van der Waals surface area contributed by atoms with Gasteiger partial charge in [-0.3, -0.25) is 0 Å². The first-order chi connectivity index (χ1) is 8.52. The van der Waals surface area contributed by atoms with Crippen LogP contribution >= 0.6 is 0 Å². The van der Waals surface area contributed by atoms with Crippen LogP contribution in [0.5, 0.6) is 0 Å². The van der Waals surface area contributed by atoms with Gasteiger partial charge in [0.25, 0.3) is 0 Å². The second kappa shape index (κ2) is 14.8. The van der Waals surface area contributed by atoms with E-state index >= 15 is 0 Å². The molecular formula is C22H39NSiTi-6. The third-order valence-corrected chi connectivity index (χ3v) is 3.42. The molecule has 0 aliphatic heterocycles. The van der Waals surface area contributed by atoms with E-state index in [-0.39, 0.29) is 67.9 Å². The van der Waals surface area contributed by atoms with Gasteiger partial charge in [0.15, 0.2) is 0 Å². The molecule has 0 saturated carbocycles. The van der Waals surface area contributed by atoms with E-state index in [0.29, 0.717) is 0 Å². The van der Waals surface area contributed by atoms with E-state index in [0.717, 1.165) is 0 Å². The molecule has 2 rings (SSSR count). The fourth-order valence-electron chi connectivity index (χ4n) is 2.32. The number of hydrogen-bond acceptors (Lipinski definition) is 0. The maximum atomic E-state index is 6.94. The molecule has 146 valence electrons. The van der Waals surface area contributed by atoms with Gasteiger partial charge >= 0.3 is 0 Å². The molecule has 2 aromatic carbocycles. The Kier molecular flexibility index (Phi) is 23.6. The number of fused-ring (bicyclic) bond motifs is 1. The summed E-state index contributed by atoms with van der Waals surface area (Å²) in [5, 5.41) is 2.91. The summed E-state index contributed by atoms with van der Waals surface area (Å²) in [6.45, 7) is 16.6. The maximum Gasteiger partial charge on any atom is 0 e. The number of rotatable bonds is 0. The third-order valence-electron chi connectivity index (χ3n) is 3.42. The van der Waals surface area contributed by atoms with Gasteiger partial charge in [-0.1, -0.05) is 58.7 Å². The topological polar surface area (TPSA) is 23.8 Å². The van der Waals surface area contributed by atoms with E-state index in [1.54, 1.807) is 0 Å². The molecule has 1 N–H and O–H groups in total. The molecule has 0 bridgehead atoms. The maximum absolute atomic E-state index is 6.94. The number of hydrogen-bond donors (Lipinski definition) is 0. The molecule has 0 unspecified atom stereocenters. The van der Waals surface area contributed by atoms with Gasteiger partial charge in [0, 0.05) is 32.7 Å². The Labute approximate surface area is 179 Å². The molecule has 4 radical (unpaired) electrons. The number of benzene rings is 1. The summed E-state index contributed by atoms with van der Waals surface area (Å²) < 4.78 is 0. The van der Waals surface area contributed by atoms with Crippen LogP contribution in [0.2, 0.25) is 0 Å². The molecule has 0 saturated heterocycles. The first-order valence-corrected chi connectivity index (χ1v) is 6.90. The van der Waals surface area contributed by atoms with Gasteiger partial charge in [0.05, 0.1) is 0 Å². The van der Waals surface area contributed by atoms with Crippen LogP contribution in [0.25, 0.3) is 16.5 Å². The SMILES string of the molecule is CC(C)(C)[NH-].Cc1cc(C)c2c(C)c(C)[cH-]c2c1C.[CH3-].[CH3-].[CH3-].[CH3-].[Si].[Ti]. The van der Waals surface area contributed by atoms with E-state index < -0.39 is 0 Å². The van der Waals surface area contributed by atoms with E-state index in [1.165, 1.54) is 38.6 Å². The van der Waals surface area contributed by atoms with Crippen molar-refractivity contribution in [1.82, 2.24) is 0 Å². The molecule has 0 atom stereocenters. The summed E-state index contributed by atoms with van der Waals surface area (Å²) in [7, 11) is 0. The quantitative estimate of drug-likeness (QED) is 0.330. The first-order valence-electron chi connectivity index (χ1n) is 6.90. The van der Waals surface area contributed by atoms with Crippen LogP contribution in [0.4, 0.5) is 0 Å². The summed E-state index contributed by atoms with van der Waals surface area (Å²) >= 11 is 0. The second-order valence-corrected chi connectivity index (χ2v) is 6.63. The van der Waals surface area contributed by atoms with E-state index in [1.807, 2.05) is 20.8 Å². The average Bonchev–Trinajstić information content (AvgIpc) is 2.50. The Morgan fingerprint density at radius 2 is 1.16 bits per heavy atom. The zero-order chi connectivity index (χ0) is 15.0. The van der Waals surface area contributed by atoms with Crippen molar-refractivity contribution in [2.45, 2.75) is 60.9 Å². The first kappa shape index (κ1) is 39.7. The van der Waals surface area contributed by atoms with Crippen LogP contribution in [0, 0.1) is 64.3 Å². The zero-order valence-electron chi connectivity index (χ0n) is 18.7. The Hall–Kier alpha value is -0.279. The average molecular weight is 394 g/mol. The van der Waals surface area contributed by atoms with Crippen LogP contribution in [-0.2, 0) is 21.7 Å². The third kappa shape index (κ3) is 11.1. The Morgan fingerprint density at radius 3 is 1.52 bits per heavy atom. The van der Waals surface area contributed by atoms with Crippen molar-refractivity contribution in [2.24, 2.45) is 0 Å². The molecule has 0 aliphatic carbocycles. The van der Waals surface area contributed by atoms with Crippen LogP contribution < -0.4 is 0 Å². The van der Waals surface area contributed by atoms with Gasteiger partial charge < -0.3 is 35.4 Å². The van der Waals surface area contributed by atoms with Crippen molar-refractivity contribution in [3.05, 3.63) is 75.4 Å². The molecule has 0 aliphatic rings. The summed E-state index contributed by atoms with van der Waals surface area (Å²) in [5.74, 6) is 0. The molecular weight excluding hydrogens is 354 g/mol. The predicted octanol–water partition coefficient (Wildman–Crippen LogP) is 7.36. The zero-order valence-corrected chi connectivity index (χ0v) is 21.2. The van der Waals surface area contributed by atoms with Crippen LogP contribution in [0.15, 0.2) is 12.1 Å². The molecule has 25 heavy (non-hydrogen) atoms. The minimum absolute atomic E-state index is 0. The van der Waals surface area contributed by atoms with Crippen molar-refractivity contribution >= 4 is 21.7 Å². The summed E-state index contributed by atoms with van der Waals surface area (Å²) in [5.41, 5.74) is 13.8. The number of nitrogens with one attached hydrogen (secondary N) is 1. The summed E-state index contributed by atoms with van der Waals surface area (Å²) in [6, 6.07) is 4.62. The normalized spacial score (nSPS) is 8.68. The smallest absolute Gasteiger partial charge is 0 e. The van der Waals surface area contributed by atoms with Gasteiger partial charge in [0.1, 0.15) is 0 Å². The van der Waals surface area contributed by atoms with Gasteiger partial charge in [-0.15, -0.1) is 33.5 Å². The largest absolute Gasteiger partial charge is 0.673 e. The van der Waals surface area contributed by atoms with Gasteiger partial charge in [0.2, 0.25) is 0 Å². The predicted molar refractivity (Wildman–Crippen MR) is 119 cm³/mol. The van der Waals surface area contributed by atoms with Crippen molar-refractivity contribution in [3.8, 4) is 0 Å². The number of aryl methyl sites for hydroxylation is 5. The Morgan fingerprint density at radius 1 is 0.800 bits per heavy atom. The summed E-state index contributed by atoms with van der Waals surface area (Å²) in [4.78, 5) is 0. The van der Waals surface area contributed by atoms with Gasteiger partial charge in [-0.25, -0.2) is 0 Å². The van der Waals surface area contributed by atoms with E-state index in [2.05, 4.69) is 46.8 Å². The van der Waals surface area contributed by atoms with Crippen molar-refractivity contribution in [2.75, 3.05) is 0 Å². The Balaban J connectivity index is -0.0000000743. The van der Waals surface area contributed by atoms with Crippen LogP contribution in [-0.4, -0.2) is 16.5 Å². The standard InChI is InChI=1S/C14H17.C4H10N.4CH3.Si.Ti/c1-8-6-10(3)14-12(5)9(2)7-13(14)11(8)4;1-4(2,3)5;;;;;;/h6-7H,1-5H3;5H,1-3H3;4*1H3;;/q6*-1;;. The fraction of sp³-hybridized carbons (Fsp3) is 0.409. The minimum atomic E-state index is -0.250. The molecule has 2 aromatic rings. The van der Waals surface area contributed by atoms with Crippen LogP contribution in [0.1, 0.15) is 48.6 Å². The molecule has 0 heterocycles. The monoisotopic (exact) mass is 393 g/mol. The fourth-order valence-corrected chi connectivity index (χ4v) is 2.32. The van der Waals surface area contributed by atoms with Crippen molar-refractivity contribution in [3.63, 3.8) is 0 Å². The van der Waals surface area contributed by atoms with E-state index in [4.69, 9.17) is 5.73 Å². The van der Waals surface area contributed by atoms with Crippen molar-refractivity contribution in [1.29, 1.82) is 0 Å². The van der Waals surface area contributed by atoms with Gasteiger partial charge in [-0.05, 0) is 13.8 Å². The van der Waals surface area contributed by atoms with E-state index in [9.17, 15) is 0 Å². The van der Waals surface area contributed by atoms with Crippen molar-refractivity contribution < 1.29 is 21.7 Å². The molecule has 0 amide bonds. The second-order valence-electron chi connectivity index (χ2n) is 6.63. The molecule has 0 spiro atoms. The molecule has 0 aromatic heterocycles. The Bertz CT molecular complexity index is 586. The minimum Gasteiger partial charge on any atom is -0.673 e. The van der Waals surface area contributed by atoms with Crippen LogP contribution in [0.3, 0.4) is 0 Å². The summed E-state index contributed by atoms with van der Waals surface area (Å²) in [6.07, 6.45) is 0.